The lowest BCUT2D eigenvalue weighted by molar-refractivity contribution is -0.118. The SMILES string of the molecule is CN(C)CCCN(CCC(=O)N1CCc2ccccc21)S(C)(=O)=O. The molecule has 0 N–H and O–H groups in total. The van der Waals surface area contributed by atoms with Crippen LogP contribution in [0.5, 0.6) is 0 Å². The van der Waals surface area contributed by atoms with Crippen LogP contribution in [0.1, 0.15) is 18.4 Å². The topological polar surface area (TPSA) is 60.9 Å². The quantitative estimate of drug-likeness (QED) is 0.704. The molecule has 1 aliphatic heterocycles. The zero-order valence-electron chi connectivity index (χ0n) is 14.7. The van der Waals surface area contributed by atoms with E-state index in [1.807, 2.05) is 43.3 Å². The van der Waals surface area contributed by atoms with Crippen LogP contribution < -0.4 is 4.90 Å². The molecule has 6 nitrogen and oxygen atoms in total. The zero-order valence-corrected chi connectivity index (χ0v) is 15.6. The summed E-state index contributed by atoms with van der Waals surface area (Å²) in [5.74, 6) is -0.0128. The standard InChI is InChI=1S/C17H27N3O3S/c1-18(2)11-6-12-19(24(3,22)23)13-10-17(21)20-14-9-15-7-4-5-8-16(15)20/h4-5,7-8H,6,9-14H2,1-3H3. The van der Waals surface area contributed by atoms with Crippen LogP contribution >= 0.6 is 0 Å². The number of anilines is 1. The van der Waals surface area contributed by atoms with E-state index in [9.17, 15) is 13.2 Å². The number of fused-ring (bicyclic) bond motifs is 1. The molecule has 7 heteroatoms. The fourth-order valence-electron chi connectivity index (χ4n) is 2.96. The lowest BCUT2D eigenvalue weighted by atomic mass is 10.2. The van der Waals surface area contributed by atoms with Crippen LogP contribution in [0.2, 0.25) is 0 Å². The molecule has 134 valence electrons. The molecule has 0 saturated heterocycles. The first-order valence-electron chi connectivity index (χ1n) is 8.27. The fraction of sp³-hybridized carbons (Fsp3) is 0.588. The summed E-state index contributed by atoms with van der Waals surface area (Å²) in [4.78, 5) is 16.3. The van der Waals surface area contributed by atoms with Gasteiger partial charge >= 0.3 is 0 Å². The van der Waals surface area contributed by atoms with Gasteiger partial charge in [-0.25, -0.2) is 12.7 Å². The van der Waals surface area contributed by atoms with Gasteiger partial charge in [0.2, 0.25) is 15.9 Å². The van der Waals surface area contributed by atoms with Gasteiger partial charge in [0.1, 0.15) is 0 Å². The summed E-state index contributed by atoms with van der Waals surface area (Å²) >= 11 is 0. The molecule has 0 atom stereocenters. The summed E-state index contributed by atoms with van der Waals surface area (Å²) in [6, 6.07) is 7.88. The molecule has 0 unspecified atom stereocenters. The first-order valence-corrected chi connectivity index (χ1v) is 10.1. The van der Waals surface area contributed by atoms with Gasteiger partial charge in [-0.3, -0.25) is 4.79 Å². The Hall–Kier alpha value is -1.44. The number of sulfonamides is 1. The number of hydrogen-bond acceptors (Lipinski definition) is 4. The highest BCUT2D eigenvalue weighted by molar-refractivity contribution is 7.88. The molecule has 1 heterocycles. The van der Waals surface area contributed by atoms with Crippen LogP contribution in [0.25, 0.3) is 0 Å². The molecular weight excluding hydrogens is 326 g/mol. The van der Waals surface area contributed by atoms with Crippen molar-refractivity contribution in [2.75, 3.05) is 51.4 Å². The summed E-state index contributed by atoms with van der Waals surface area (Å²) in [6.07, 6.45) is 3.03. The summed E-state index contributed by atoms with van der Waals surface area (Å²) in [5.41, 5.74) is 2.14. The second kappa shape index (κ2) is 8.09. The molecule has 1 aromatic carbocycles. The highest BCUT2D eigenvalue weighted by atomic mass is 32.2. The van der Waals surface area contributed by atoms with Gasteiger partial charge in [0.25, 0.3) is 0 Å². The second-order valence-corrected chi connectivity index (χ2v) is 8.48. The van der Waals surface area contributed by atoms with Crippen LogP contribution in [0.3, 0.4) is 0 Å². The minimum absolute atomic E-state index is 0.0128. The number of para-hydroxylation sites is 1. The van der Waals surface area contributed by atoms with E-state index in [1.54, 1.807) is 4.90 Å². The van der Waals surface area contributed by atoms with Gasteiger partial charge < -0.3 is 9.80 Å². The highest BCUT2D eigenvalue weighted by Crippen LogP contribution is 2.27. The Morgan fingerprint density at radius 1 is 1.17 bits per heavy atom. The first-order chi connectivity index (χ1) is 11.3. The van der Waals surface area contributed by atoms with E-state index in [0.717, 1.165) is 25.1 Å². The van der Waals surface area contributed by atoms with Gasteiger partial charge in [-0.15, -0.1) is 0 Å². The van der Waals surface area contributed by atoms with Crippen LogP contribution in [0.15, 0.2) is 24.3 Å². The molecule has 0 saturated carbocycles. The number of benzene rings is 1. The van der Waals surface area contributed by atoms with Gasteiger partial charge in [-0.05, 0) is 45.1 Å². The molecular formula is C17H27N3O3S. The minimum atomic E-state index is -3.30. The number of carbonyl (C=O) groups is 1. The van der Waals surface area contributed by atoms with Gasteiger partial charge in [-0.2, -0.15) is 0 Å². The maximum atomic E-state index is 12.5. The van der Waals surface area contributed by atoms with E-state index < -0.39 is 10.0 Å². The maximum Gasteiger partial charge on any atom is 0.228 e. The van der Waals surface area contributed by atoms with Crippen LogP contribution in [0, 0.1) is 0 Å². The fourth-order valence-corrected chi connectivity index (χ4v) is 3.84. The maximum absolute atomic E-state index is 12.5. The number of carbonyl (C=O) groups excluding carboxylic acids is 1. The molecule has 24 heavy (non-hydrogen) atoms. The smallest absolute Gasteiger partial charge is 0.228 e. The van der Waals surface area contributed by atoms with Crippen molar-refractivity contribution in [3.8, 4) is 0 Å². The molecule has 0 radical (unpaired) electrons. The van der Waals surface area contributed by atoms with Crippen molar-refractivity contribution in [1.29, 1.82) is 0 Å². The number of amides is 1. The van der Waals surface area contributed by atoms with Gasteiger partial charge in [0, 0.05) is 31.7 Å². The summed E-state index contributed by atoms with van der Waals surface area (Å²) in [6.45, 7) is 2.18. The average molecular weight is 353 g/mol. The second-order valence-electron chi connectivity index (χ2n) is 6.49. The molecule has 2 rings (SSSR count). The lowest BCUT2D eigenvalue weighted by Gasteiger charge is -2.23. The average Bonchev–Trinajstić information content (AvgIpc) is 2.93. The molecule has 1 amide bonds. The monoisotopic (exact) mass is 353 g/mol. The molecule has 0 spiro atoms. The Kier molecular flexibility index (Phi) is 6.37. The summed E-state index contributed by atoms with van der Waals surface area (Å²) in [5, 5.41) is 0. The molecule has 1 aromatic rings. The van der Waals surface area contributed by atoms with Crippen molar-refractivity contribution in [1.82, 2.24) is 9.21 Å². The Bertz CT molecular complexity index is 673. The lowest BCUT2D eigenvalue weighted by Crippen LogP contribution is -2.37. The molecule has 1 aliphatic rings. The van der Waals surface area contributed by atoms with Crippen molar-refractivity contribution in [3.05, 3.63) is 29.8 Å². The number of hydrogen-bond donors (Lipinski definition) is 0. The van der Waals surface area contributed by atoms with Crippen LogP contribution in [-0.4, -0.2) is 70.1 Å². The van der Waals surface area contributed by atoms with Crippen LogP contribution in [-0.2, 0) is 21.2 Å². The highest BCUT2D eigenvalue weighted by Gasteiger charge is 2.25. The summed E-state index contributed by atoms with van der Waals surface area (Å²) in [7, 11) is 0.616. The Balaban J connectivity index is 1.93. The van der Waals surface area contributed by atoms with Crippen molar-refractivity contribution >= 4 is 21.6 Å². The van der Waals surface area contributed by atoms with E-state index in [1.165, 1.54) is 16.1 Å². The van der Waals surface area contributed by atoms with Crippen molar-refractivity contribution in [2.24, 2.45) is 0 Å². The molecule has 0 fully saturated rings. The third-order valence-electron chi connectivity index (χ3n) is 4.25. The minimum Gasteiger partial charge on any atom is -0.312 e. The van der Waals surface area contributed by atoms with Crippen LogP contribution in [0.4, 0.5) is 5.69 Å². The van der Waals surface area contributed by atoms with Crippen molar-refractivity contribution in [3.63, 3.8) is 0 Å². The van der Waals surface area contributed by atoms with E-state index >= 15 is 0 Å². The van der Waals surface area contributed by atoms with Gasteiger partial charge in [0.05, 0.1) is 6.26 Å². The largest absolute Gasteiger partial charge is 0.312 e. The zero-order chi connectivity index (χ0) is 17.7. The van der Waals surface area contributed by atoms with Gasteiger partial charge in [0.15, 0.2) is 0 Å². The van der Waals surface area contributed by atoms with Crippen molar-refractivity contribution < 1.29 is 13.2 Å². The molecule has 0 bridgehead atoms. The Labute approximate surface area is 145 Å². The third kappa shape index (κ3) is 5.03. The van der Waals surface area contributed by atoms with E-state index in [2.05, 4.69) is 0 Å². The van der Waals surface area contributed by atoms with Gasteiger partial charge in [-0.1, -0.05) is 18.2 Å². The summed E-state index contributed by atoms with van der Waals surface area (Å²) < 4.78 is 25.3. The third-order valence-corrected chi connectivity index (χ3v) is 5.55. The first kappa shape index (κ1) is 18.9. The molecule has 0 aliphatic carbocycles. The Morgan fingerprint density at radius 3 is 2.54 bits per heavy atom. The number of rotatable bonds is 8. The van der Waals surface area contributed by atoms with E-state index in [-0.39, 0.29) is 18.9 Å². The predicted octanol–water partition coefficient (Wildman–Crippen LogP) is 1.18. The Morgan fingerprint density at radius 2 is 1.88 bits per heavy atom. The molecule has 0 aromatic heterocycles. The van der Waals surface area contributed by atoms with Crippen molar-refractivity contribution in [2.45, 2.75) is 19.3 Å². The predicted molar refractivity (Wildman–Crippen MR) is 96.7 cm³/mol. The normalized spacial score (nSPS) is 14.5. The van der Waals surface area contributed by atoms with E-state index in [4.69, 9.17) is 0 Å². The number of nitrogens with zero attached hydrogens (tertiary/aromatic N) is 3. The van der Waals surface area contributed by atoms with E-state index in [0.29, 0.717) is 13.1 Å².